The second-order valence-corrected chi connectivity index (χ2v) is 4.98. The van der Waals surface area contributed by atoms with Gasteiger partial charge in [0.05, 0.1) is 26.5 Å². The zero-order chi connectivity index (χ0) is 15.2. The third kappa shape index (κ3) is 3.64. The minimum absolute atomic E-state index is 0.237. The topological polar surface area (TPSA) is 69.0 Å². The van der Waals surface area contributed by atoms with Crippen molar-refractivity contribution in [1.29, 1.82) is 0 Å². The second kappa shape index (κ2) is 7.26. The molecule has 1 aromatic heterocycles. The van der Waals surface area contributed by atoms with Crippen LogP contribution in [-0.4, -0.2) is 43.1 Å². The molecule has 1 atom stereocenters. The number of piperidine rings is 1. The quantitative estimate of drug-likeness (QED) is 0.774. The SMILES string of the molecule is CCOC(=O)c1ccoc1CN1CCCCC1C(=O)OC. The van der Waals surface area contributed by atoms with Crippen molar-refractivity contribution in [1.82, 2.24) is 4.90 Å². The maximum absolute atomic E-state index is 11.8. The largest absolute Gasteiger partial charge is 0.468 e. The van der Waals surface area contributed by atoms with Gasteiger partial charge in [0.15, 0.2) is 0 Å². The van der Waals surface area contributed by atoms with Crippen LogP contribution >= 0.6 is 0 Å². The maximum atomic E-state index is 11.8. The normalized spacial score (nSPS) is 19.2. The molecule has 0 aliphatic carbocycles. The molecule has 6 nitrogen and oxygen atoms in total. The Kier molecular flexibility index (Phi) is 5.38. The van der Waals surface area contributed by atoms with Crippen LogP contribution < -0.4 is 0 Å². The number of likely N-dealkylation sites (tertiary alicyclic amines) is 1. The molecule has 1 aliphatic rings. The average molecular weight is 295 g/mol. The summed E-state index contributed by atoms with van der Waals surface area (Å²) in [6, 6.07) is 1.33. The van der Waals surface area contributed by atoms with Gasteiger partial charge in [0.2, 0.25) is 0 Å². The van der Waals surface area contributed by atoms with Gasteiger partial charge < -0.3 is 13.9 Å². The van der Waals surface area contributed by atoms with Crippen LogP contribution in [0.4, 0.5) is 0 Å². The van der Waals surface area contributed by atoms with Gasteiger partial charge in [-0.05, 0) is 32.4 Å². The molecule has 6 heteroatoms. The molecule has 2 heterocycles. The van der Waals surface area contributed by atoms with E-state index in [0.29, 0.717) is 24.5 Å². The molecule has 2 rings (SSSR count). The summed E-state index contributed by atoms with van der Waals surface area (Å²) in [5, 5.41) is 0. The number of nitrogens with zero attached hydrogens (tertiary/aromatic N) is 1. The third-order valence-electron chi connectivity index (χ3n) is 3.67. The highest BCUT2D eigenvalue weighted by Gasteiger charge is 2.31. The molecule has 1 saturated heterocycles. The molecule has 0 radical (unpaired) electrons. The predicted molar refractivity (Wildman–Crippen MR) is 74.7 cm³/mol. The first-order valence-electron chi connectivity index (χ1n) is 7.22. The summed E-state index contributed by atoms with van der Waals surface area (Å²) in [5.74, 6) is -0.101. The molecule has 0 spiro atoms. The molecule has 1 fully saturated rings. The highest BCUT2D eigenvalue weighted by atomic mass is 16.5. The van der Waals surface area contributed by atoms with Crippen molar-refractivity contribution < 1.29 is 23.5 Å². The van der Waals surface area contributed by atoms with Gasteiger partial charge in [-0.3, -0.25) is 9.69 Å². The lowest BCUT2D eigenvalue weighted by Gasteiger charge is -2.33. The Morgan fingerprint density at radius 1 is 1.43 bits per heavy atom. The lowest BCUT2D eigenvalue weighted by Crippen LogP contribution is -2.44. The highest BCUT2D eigenvalue weighted by Crippen LogP contribution is 2.23. The van der Waals surface area contributed by atoms with Crippen molar-refractivity contribution in [3.63, 3.8) is 0 Å². The van der Waals surface area contributed by atoms with Gasteiger partial charge in [-0.25, -0.2) is 4.79 Å². The summed E-state index contributed by atoms with van der Waals surface area (Å²) in [6.07, 6.45) is 4.25. The zero-order valence-corrected chi connectivity index (χ0v) is 12.5. The Balaban J connectivity index is 2.11. The van der Waals surface area contributed by atoms with E-state index in [0.717, 1.165) is 25.8 Å². The number of carbonyl (C=O) groups is 2. The first-order valence-corrected chi connectivity index (χ1v) is 7.22. The van der Waals surface area contributed by atoms with Crippen LogP contribution in [0.3, 0.4) is 0 Å². The third-order valence-corrected chi connectivity index (χ3v) is 3.67. The second-order valence-electron chi connectivity index (χ2n) is 4.98. The van der Waals surface area contributed by atoms with Gasteiger partial charge in [-0.15, -0.1) is 0 Å². The Bertz CT molecular complexity index is 496. The number of hydrogen-bond donors (Lipinski definition) is 0. The van der Waals surface area contributed by atoms with Crippen molar-refractivity contribution in [2.75, 3.05) is 20.3 Å². The maximum Gasteiger partial charge on any atom is 0.341 e. The van der Waals surface area contributed by atoms with E-state index in [1.54, 1.807) is 13.0 Å². The van der Waals surface area contributed by atoms with Crippen LogP contribution in [0.25, 0.3) is 0 Å². The van der Waals surface area contributed by atoms with E-state index in [1.807, 2.05) is 4.90 Å². The number of methoxy groups -OCH3 is 1. The molecule has 1 aliphatic heterocycles. The van der Waals surface area contributed by atoms with Crippen LogP contribution in [0.1, 0.15) is 42.3 Å². The molecule has 0 bridgehead atoms. The number of hydrogen-bond acceptors (Lipinski definition) is 6. The fraction of sp³-hybridized carbons (Fsp3) is 0.600. The highest BCUT2D eigenvalue weighted by molar-refractivity contribution is 5.90. The van der Waals surface area contributed by atoms with E-state index >= 15 is 0 Å². The van der Waals surface area contributed by atoms with E-state index in [4.69, 9.17) is 13.9 Å². The Morgan fingerprint density at radius 3 is 2.95 bits per heavy atom. The fourth-order valence-electron chi connectivity index (χ4n) is 2.62. The number of esters is 2. The minimum atomic E-state index is -0.395. The van der Waals surface area contributed by atoms with Crippen LogP contribution in [0.5, 0.6) is 0 Å². The first-order chi connectivity index (χ1) is 10.2. The lowest BCUT2D eigenvalue weighted by atomic mass is 10.0. The smallest absolute Gasteiger partial charge is 0.341 e. The summed E-state index contributed by atoms with van der Waals surface area (Å²) in [5.41, 5.74) is 0.422. The molecule has 0 saturated carbocycles. The monoisotopic (exact) mass is 295 g/mol. The molecular weight excluding hydrogens is 274 g/mol. The number of furan rings is 1. The first kappa shape index (κ1) is 15.6. The van der Waals surface area contributed by atoms with Crippen LogP contribution in [0, 0.1) is 0 Å². The van der Waals surface area contributed by atoms with Gasteiger partial charge in [0, 0.05) is 0 Å². The average Bonchev–Trinajstić information content (AvgIpc) is 2.95. The lowest BCUT2D eigenvalue weighted by molar-refractivity contribution is -0.148. The summed E-state index contributed by atoms with van der Waals surface area (Å²) in [4.78, 5) is 25.7. The molecular formula is C15H21NO5. The van der Waals surface area contributed by atoms with Crippen LogP contribution in [0.2, 0.25) is 0 Å². The van der Waals surface area contributed by atoms with Gasteiger partial charge in [0.25, 0.3) is 0 Å². The van der Waals surface area contributed by atoms with Gasteiger partial charge in [-0.1, -0.05) is 6.42 Å². The van der Waals surface area contributed by atoms with Crippen molar-refractivity contribution in [3.8, 4) is 0 Å². The van der Waals surface area contributed by atoms with Gasteiger partial charge >= 0.3 is 11.9 Å². The van der Waals surface area contributed by atoms with Crippen molar-refractivity contribution in [3.05, 3.63) is 23.7 Å². The number of ether oxygens (including phenoxy) is 2. The number of carbonyl (C=O) groups excluding carboxylic acids is 2. The van der Waals surface area contributed by atoms with E-state index in [2.05, 4.69) is 0 Å². The fourth-order valence-corrected chi connectivity index (χ4v) is 2.62. The molecule has 116 valence electrons. The molecule has 21 heavy (non-hydrogen) atoms. The number of rotatable bonds is 5. The van der Waals surface area contributed by atoms with Crippen molar-refractivity contribution >= 4 is 11.9 Å². The predicted octanol–water partition coefficient (Wildman–Crippen LogP) is 1.98. The molecule has 1 aromatic rings. The summed E-state index contributed by atoms with van der Waals surface area (Å²) in [7, 11) is 1.39. The van der Waals surface area contributed by atoms with E-state index in [-0.39, 0.29) is 12.0 Å². The van der Waals surface area contributed by atoms with Gasteiger partial charge in [0.1, 0.15) is 17.4 Å². The van der Waals surface area contributed by atoms with Crippen LogP contribution in [0.15, 0.2) is 16.7 Å². The van der Waals surface area contributed by atoms with E-state index in [9.17, 15) is 9.59 Å². The summed E-state index contributed by atoms with van der Waals surface area (Å²) in [6.45, 7) is 3.26. The van der Waals surface area contributed by atoms with E-state index in [1.165, 1.54) is 13.4 Å². The van der Waals surface area contributed by atoms with Gasteiger partial charge in [-0.2, -0.15) is 0 Å². The molecule has 1 unspecified atom stereocenters. The van der Waals surface area contributed by atoms with E-state index < -0.39 is 5.97 Å². The zero-order valence-electron chi connectivity index (χ0n) is 12.5. The Labute approximate surface area is 124 Å². The molecule has 0 aromatic carbocycles. The minimum Gasteiger partial charge on any atom is -0.468 e. The summed E-state index contributed by atoms with van der Waals surface area (Å²) >= 11 is 0. The Morgan fingerprint density at radius 2 is 2.24 bits per heavy atom. The van der Waals surface area contributed by atoms with Crippen molar-refractivity contribution in [2.45, 2.75) is 38.8 Å². The standard InChI is InChI=1S/C15H21NO5/c1-3-20-14(17)11-7-9-21-13(11)10-16-8-5-4-6-12(16)15(18)19-2/h7,9,12H,3-6,8,10H2,1-2H3. The molecule has 0 amide bonds. The summed E-state index contributed by atoms with van der Waals surface area (Å²) < 4.78 is 15.3. The van der Waals surface area contributed by atoms with Crippen LogP contribution in [-0.2, 0) is 20.8 Å². The Hall–Kier alpha value is -1.82. The molecule has 0 N–H and O–H groups in total. The van der Waals surface area contributed by atoms with Crippen molar-refractivity contribution in [2.24, 2.45) is 0 Å².